The van der Waals surface area contributed by atoms with Gasteiger partial charge in [0.15, 0.2) is 0 Å². The summed E-state index contributed by atoms with van der Waals surface area (Å²) >= 11 is 3.39. The molecule has 2 aromatic rings. The Morgan fingerprint density at radius 3 is 2.40 bits per heavy atom. The van der Waals surface area contributed by atoms with Gasteiger partial charge >= 0.3 is 0 Å². The molecule has 100 valence electrons. The Labute approximate surface area is 127 Å². The Morgan fingerprint density at radius 1 is 1.10 bits per heavy atom. The van der Waals surface area contributed by atoms with Crippen molar-refractivity contribution in [3.05, 3.63) is 70.2 Å². The Morgan fingerprint density at radius 2 is 1.75 bits per heavy atom. The number of halogens is 1. The van der Waals surface area contributed by atoms with Gasteiger partial charge in [-0.1, -0.05) is 52.2 Å². The lowest BCUT2D eigenvalue weighted by atomic mass is 10.2. The maximum Gasteiger partial charge on any atom is 0.298 e. The number of hydrogen-bond donors (Lipinski definition) is 0. The van der Waals surface area contributed by atoms with Crippen molar-refractivity contribution in [3.8, 4) is 11.8 Å². The maximum atomic E-state index is 11.9. The molecular weight excluding hydrogens is 314 g/mol. The van der Waals surface area contributed by atoms with E-state index in [1.165, 1.54) is 0 Å². The van der Waals surface area contributed by atoms with Crippen molar-refractivity contribution in [2.75, 3.05) is 7.05 Å². The molecule has 0 atom stereocenters. The predicted molar refractivity (Wildman–Crippen MR) is 83.9 cm³/mol. The lowest BCUT2D eigenvalue weighted by molar-refractivity contribution is -0.124. The molecule has 0 radical (unpaired) electrons. The fourth-order valence-corrected chi connectivity index (χ4v) is 1.94. The molecule has 0 fully saturated rings. The van der Waals surface area contributed by atoms with Crippen LogP contribution in [0.15, 0.2) is 59.1 Å². The van der Waals surface area contributed by atoms with Crippen molar-refractivity contribution in [2.24, 2.45) is 0 Å². The number of benzene rings is 2. The summed E-state index contributed by atoms with van der Waals surface area (Å²) in [5, 5.41) is 0. The van der Waals surface area contributed by atoms with Crippen LogP contribution < -0.4 is 0 Å². The Kier molecular flexibility index (Phi) is 4.97. The van der Waals surface area contributed by atoms with E-state index in [2.05, 4.69) is 27.8 Å². The van der Waals surface area contributed by atoms with E-state index in [4.69, 9.17) is 0 Å². The van der Waals surface area contributed by atoms with Gasteiger partial charge in [-0.2, -0.15) is 0 Å². The minimum absolute atomic E-state index is 0.184. The maximum absolute atomic E-state index is 11.9. The first-order chi connectivity index (χ1) is 9.65. The van der Waals surface area contributed by atoms with Crippen LogP contribution in [0.4, 0.5) is 0 Å². The normalized spacial score (nSPS) is 9.50. The van der Waals surface area contributed by atoms with Crippen molar-refractivity contribution in [2.45, 2.75) is 6.54 Å². The number of rotatable bonds is 2. The van der Waals surface area contributed by atoms with Crippen LogP contribution in [0, 0.1) is 11.8 Å². The van der Waals surface area contributed by atoms with Gasteiger partial charge in [-0.25, -0.2) is 0 Å². The van der Waals surface area contributed by atoms with Crippen molar-refractivity contribution >= 4 is 21.8 Å². The number of nitrogens with zero attached hydrogens (tertiary/aromatic N) is 1. The van der Waals surface area contributed by atoms with Crippen LogP contribution in [0.5, 0.6) is 0 Å². The van der Waals surface area contributed by atoms with Gasteiger partial charge < -0.3 is 4.90 Å². The molecule has 0 saturated carbocycles. The molecule has 0 spiro atoms. The minimum Gasteiger partial charge on any atom is -0.331 e. The number of carbonyl (C=O) groups excluding carboxylic acids is 1. The summed E-state index contributed by atoms with van der Waals surface area (Å²) in [4.78, 5) is 13.5. The molecule has 0 aliphatic rings. The molecule has 0 aliphatic heterocycles. The van der Waals surface area contributed by atoms with Crippen LogP contribution in [0.3, 0.4) is 0 Å². The quantitative estimate of drug-likeness (QED) is 0.773. The van der Waals surface area contributed by atoms with Gasteiger partial charge in [0.2, 0.25) is 0 Å². The molecule has 0 heterocycles. The summed E-state index contributed by atoms with van der Waals surface area (Å²) in [5.74, 6) is 5.35. The first-order valence-electron chi connectivity index (χ1n) is 6.22. The molecule has 0 aromatic heterocycles. The fraction of sp³-hybridized carbons (Fsp3) is 0.118. The monoisotopic (exact) mass is 327 g/mol. The summed E-state index contributed by atoms with van der Waals surface area (Å²) in [6.45, 7) is 0.551. The number of hydrogen-bond acceptors (Lipinski definition) is 1. The molecule has 0 unspecified atom stereocenters. The zero-order valence-electron chi connectivity index (χ0n) is 11.1. The lowest BCUT2D eigenvalue weighted by Crippen LogP contribution is -2.24. The molecule has 2 nitrogen and oxygen atoms in total. The lowest BCUT2D eigenvalue weighted by Gasteiger charge is -2.13. The summed E-state index contributed by atoms with van der Waals surface area (Å²) in [5.41, 5.74) is 1.92. The molecule has 0 bridgehead atoms. The second-order valence-electron chi connectivity index (χ2n) is 4.40. The van der Waals surface area contributed by atoms with E-state index >= 15 is 0 Å². The Balaban J connectivity index is 1.99. The molecule has 1 amide bonds. The highest BCUT2D eigenvalue weighted by Crippen LogP contribution is 2.11. The number of amides is 1. The molecule has 0 N–H and O–H groups in total. The third kappa shape index (κ3) is 4.25. The van der Waals surface area contributed by atoms with Crippen molar-refractivity contribution < 1.29 is 4.79 Å². The second kappa shape index (κ2) is 6.93. The Bertz CT molecular complexity index is 638. The van der Waals surface area contributed by atoms with Crippen LogP contribution in [0.25, 0.3) is 0 Å². The van der Waals surface area contributed by atoms with Crippen LogP contribution in [0.2, 0.25) is 0 Å². The van der Waals surface area contributed by atoms with E-state index in [1.54, 1.807) is 11.9 Å². The van der Waals surface area contributed by atoms with Gasteiger partial charge in [-0.3, -0.25) is 4.79 Å². The van der Waals surface area contributed by atoms with E-state index in [-0.39, 0.29) is 5.91 Å². The van der Waals surface area contributed by atoms with Gasteiger partial charge in [-0.15, -0.1) is 0 Å². The first-order valence-corrected chi connectivity index (χ1v) is 7.01. The summed E-state index contributed by atoms with van der Waals surface area (Å²) in [7, 11) is 1.75. The zero-order valence-corrected chi connectivity index (χ0v) is 12.7. The Hall–Kier alpha value is -2.05. The van der Waals surface area contributed by atoms with Crippen LogP contribution in [-0.4, -0.2) is 17.9 Å². The van der Waals surface area contributed by atoms with E-state index < -0.39 is 0 Å². The fourth-order valence-electron chi connectivity index (χ4n) is 1.68. The van der Waals surface area contributed by atoms with Gasteiger partial charge in [0.05, 0.1) is 0 Å². The summed E-state index contributed by atoms with van der Waals surface area (Å²) in [6, 6.07) is 17.4. The molecule has 2 rings (SSSR count). The van der Waals surface area contributed by atoms with Crippen molar-refractivity contribution in [3.63, 3.8) is 0 Å². The van der Waals surface area contributed by atoms with E-state index in [1.807, 2.05) is 54.6 Å². The topological polar surface area (TPSA) is 20.3 Å². The highest BCUT2D eigenvalue weighted by Gasteiger charge is 2.05. The SMILES string of the molecule is CN(Cc1ccc(Br)cc1)C(=O)C#Cc1ccccc1. The largest absolute Gasteiger partial charge is 0.331 e. The highest BCUT2D eigenvalue weighted by molar-refractivity contribution is 9.10. The van der Waals surface area contributed by atoms with Gasteiger partial charge in [0, 0.05) is 29.5 Å². The predicted octanol–water partition coefficient (Wildman–Crippen LogP) is 3.46. The van der Waals surface area contributed by atoms with Crippen molar-refractivity contribution in [1.29, 1.82) is 0 Å². The summed E-state index contributed by atoms with van der Waals surface area (Å²) in [6.07, 6.45) is 0. The third-order valence-corrected chi connectivity index (χ3v) is 3.30. The zero-order chi connectivity index (χ0) is 14.4. The van der Waals surface area contributed by atoms with Crippen LogP contribution in [-0.2, 0) is 11.3 Å². The smallest absolute Gasteiger partial charge is 0.298 e. The molecular formula is C17H14BrNO. The highest BCUT2D eigenvalue weighted by atomic mass is 79.9. The molecule has 0 saturated heterocycles. The minimum atomic E-state index is -0.184. The van der Waals surface area contributed by atoms with E-state index in [0.717, 1.165) is 15.6 Å². The van der Waals surface area contributed by atoms with E-state index in [9.17, 15) is 4.79 Å². The van der Waals surface area contributed by atoms with Gasteiger partial charge in [0.1, 0.15) is 0 Å². The first kappa shape index (κ1) is 14.4. The molecule has 0 aliphatic carbocycles. The molecule has 20 heavy (non-hydrogen) atoms. The molecule has 3 heteroatoms. The van der Waals surface area contributed by atoms with Gasteiger partial charge in [0.25, 0.3) is 5.91 Å². The van der Waals surface area contributed by atoms with E-state index in [0.29, 0.717) is 6.54 Å². The number of carbonyl (C=O) groups is 1. The third-order valence-electron chi connectivity index (χ3n) is 2.77. The summed E-state index contributed by atoms with van der Waals surface area (Å²) < 4.78 is 1.03. The standard InChI is InChI=1S/C17H14BrNO/c1-19(13-15-7-10-16(18)11-8-15)17(20)12-9-14-5-3-2-4-6-14/h2-8,10-11H,13H2,1H3. The van der Waals surface area contributed by atoms with Crippen LogP contribution >= 0.6 is 15.9 Å². The second-order valence-corrected chi connectivity index (χ2v) is 5.32. The van der Waals surface area contributed by atoms with Crippen molar-refractivity contribution in [1.82, 2.24) is 4.90 Å². The average molecular weight is 328 g/mol. The molecule has 2 aromatic carbocycles. The van der Waals surface area contributed by atoms with Gasteiger partial charge in [-0.05, 0) is 29.8 Å². The average Bonchev–Trinajstić information content (AvgIpc) is 2.48. The van der Waals surface area contributed by atoms with Crippen LogP contribution in [0.1, 0.15) is 11.1 Å².